The molecule has 0 atom stereocenters. The van der Waals surface area contributed by atoms with E-state index in [4.69, 9.17) is 11.6 Å². The van der Waals surface area contributed by atoms with E-state index < -0.39 is 0 Å². The molecule has 0 N–H and O–H groups in total. The molecule has 0 saturated carbocycles. The number of hydrogen-bond acceptors (Lipinski definition) is 1. The Labute approximate surface area is 84.6 Å². The molecule has 0 saturated heterocycles. The highest BCUT2D eigenvalue weighted by Gasteiger charge is 2.02. The van der Waals surface area contributed by atoms with E-state index in [1.165, 1.54) is 0 Å². The number of rotatable bonds is 2. The first-order valence-electron chi connectivity index (χ1n) is 4.17. The Bertz CT molecular complexity index is 331. The largest absolute Gasteiger partial charge is 0.349 e. The van der Waals surface area contributed by atoms with Crippen LogP contribution in [0.1, 0.15) is 12.5 Å². The van der Waals surface area contributed by atoms with Crippen molar-refractivity contribution < 1.29 is 0 Å². The SMILES string of the molecule is C=C(C)N(C)c1ccc(C)c(Cl)c1. The second kappa shape index (κ2) is 3.84. The maximum Gasteiger partial charge on any atom is 0.0455 e. The summed E-state index contributed by atoms with van der Waals surface area (Å²) in [6.45, 7) is 7.83. The summed E-state index contributed by atoms with van der Waals surface area (Å²) in [6.07, 6.45) is 0. The summed E-state index contributed by atoms with van der Waals surface area (Å²) in [6, 6.07) is 6.00. The molecule has 0 aliphatic heterocycles. The highest BCUT2D eigenvalue weighted by molar-refractivity contribution is 6.31. The molecule has 0 unspecified atom stereocenters. The predicted molar refractivity (Wildman–Crippen MR) is 59.4 cm³/mol. The molecule has 1 rings (SSSR count). The molecule has 1 nitrogen and oxygen atoms in total. The Hall–Kier alpha value is -0.950. The third-order valence-corrected chi connectivity index (χ3v) is 2.52. The van der Waals surface area contributed by atoms with Gasteiger partial charge in [-0.1, -0.05) is 24.2 Å². The van der Waals surface area contributed by atoms with Crippen molar-refractivity contribution in [1.29, 1.82) is 0 Å². The van der Waals surface area contributed by atoms with Crippen molar-refractivity contribution in [3.05, 3.63) is 41.1 Å². The maximum atomic E-state index is 6.01. The van der Waals surface area contributed by atoms with Crippen LogP contribution in [0.25, 0.3) is 0 Å². The van der Waals surface area contributed by atoms with E-state index in [1.807, 2.05) is 44.0 Å². The first-order chi connectivity index (χ1) is 6.02. The lowest BCUT2D eigenvalue weighted by molar-refractivity contribution is 1.10. The molecule has 2 heteroatoms. The lowest BCUT2D eigenvalue weighted by Crippen LogP contribution is -2.12. The second-order valence-corrected chi connectivity index (χ2v) is 3.63. The summed E-state index contributed by atoms with van der Waals surface area (Å²) in [5.74, 6) is 0. The topological polar surface area (TPSA) is 3.24 Å². The number of benzene rings is 1. The highest BCUT2D eigenvalue weighted by Crippen LogP contribution is 2.23. The van der Waals surface area contributed by atoms with Gasteiger partial charge in [0.1, 0.15) is 0 Å². The Morgan fingerprint density at radius 2 is 2.08 bits per heavy atom. The second-order valence-electron chi connectivity index (χ2n) is 3.23. The summed E-state index contributed by atoms with van der Waals surface area (Å²) in [7, 11) is 1.98. The van der Waals surface area contributed by atoms with Crippen LogP contribution in [-0.4, -0.2) is 7.05 Å². The smallest absolute Gasteiger partial charge is 0.0455 e. The highest BCUT2D eigenvalue weighted by atomic mass is 35.5. The third-order valence-electron chi connectivity index (χ3n) is 2.12. The molecule has 1 aromatic carbocycles. The van der Waals surface area contributed by atoms with Crippen LogP contribution < -0.4 is 4.90 Å². The molecule has 13 heavy (non-hydrogen) atoms. The van der Waals surface area contributed by atoms with Gasteiger partial charge in [-0.2, -0.15) is 0 Å². The van der Waals surface area contributed by atoms with E-state index in [9.17, 15) is 0 Å². The van der Waals surface area contributed by atoms with Crippen LogP contribution in [0.5, 0.6) is 0 Å². The minimum Gasteiger partial charge on any atom is -0.349 e. The molecular weight excluding hydrogens is 182 g/mol. The van der Waals surface area contributed by atoms with Gasteiger partial charge in [0.15, 0.2) is 0 Å². The van der Waals surface area contributed by atoms with Crippen molar-refractivity contribution in [1.82, 2.24) is 0 Å². The van der Waals surface area contributed by atoms with Gasteiger partial charge in [0.05, 0.1) is 0 Å². The minimum atomic E-state index is 0.797. The van der Waals surface area contributed by atoms with Gasteiger partial charge >= 0.3 is 0 Å². The Kier molecular flexibility index (Phi) is 2.99. The molecule has 70 valence electrons. The first kappa shape index (κ1) is 10.1. The molecule has 0 aliphatic carbocycles. The normalized spacial score (nSPS) is 9.85. The Morgan fingerprint density at radius 1 is 1.46 bits per heavy atom. The summed E-state index contributed by atoms with van der Waals surface area (Å²) in [4.78, 5) is 2.01. The van der Waals surface area contributed by atoms with Gasteiger partial charge in [-0.25, -0.2) is 0 Å². The van der Waals surface area contributed by atoms with E-state index in [2.05, 4.69) is 6.58 Å². The van der Waals surface area contributed by atoms with E-state index in [0.717, 1.165) is 22.0 Å². The molecule has 1 aromatic rings. The van der Waals surface area contributed by atoms with Crippen molar-refractivity contribution in [3.63, 3.8) is 0 Å². The maximum absolute atomic E-state index is 6.01. The molecule has 0 bridgehead atoms. The van der Waals surface area contributed by atoms with E-state index in [0.29, 0.717) is 0 Å². The zero-order chi connectivity index (χ0) is 10.0. The van der Waals surface area contributed by atoms with Crippen LogP contribution in [-0.2, 0) is 0 Å². The van der Waals surface area contributed by atoms with Crippen molar-refractivity contribution in [2.75, 3.05) is 11.9 Å². The standard InChI is InChI=1S/C11H14ClN/c1-8(2)13(4)10-6-5-9(3)11(12)7-10/h5-7H,1H2,2-4H3. The van der Waals surface area contributed by atoms with Crippen LogP contribution in [0, 0.1) is 6.92 Å². The summed E-state index contributed by atoms with van der Waals surface area (Å²) in [5, 5.41) is 0.797. The molecule has 0 amide bonds. The molecule has 0 fully saturated rings. The molecule has 0 aliphatic rings. The van der Waals surface area contributed by atoms with Crippen LogP contribution in [0.2, 0.25) is 5.02 Å². The number of hydrogen-bond donors (Lipinski definition) is 0. The number of halogens is 1. The molecule has 0 aromatic heterocycles. The molecule has 0 radical (unpaired) electrons. The van der Waals surface area contributed by atoms with Crippen molar-refractivity contribution in [3.8, 4) is 0 Å². The summed E-state index contributed by atoms with van der Waals surface area (Å²) < 4.78 is 0. The van der Waals surface area contributed by atoms with Gasteiger partial charge in [0.2, 0.25) is 0 Å². The Balaban J connectivity index is 3.03. The van der Waals surface area contributed by atoms with Crippen molar-refractivity contribution in [2.24, 2.45) is 0 Å². The number of nitrogens with zero attached hydrogens (tertiary/aromatic N) is 1. The van der Waals surface area contributed by atoms with Crippen LogP contribution in [0.15, 0.2) is 30.5 Å². The van der Waals surface area contributed by atoms with Crippen LogP contribution in [0.3, 0.4) is 0 Å². The van der Waals surface area contributed by atoms with E-state index in [1.54, 1.807) is 0 Å². The van der Waals surface area contributed by atoms with Crippen LogP contribution in [0.4, 0.5) is 5.69 Å². The first-order valence-corrected chi connectivity index (χ1v) is 4.55. The molecular formula is C11H14ClN. The summed E-state index contributed by atoms with van der Waals surface area (Å²) >= 11 is 6.01. The Morgan fingerprint density at radius 3 is 2.54 bits per heavy atom. The van der Waals surface area contributed by atoms with Crippen molar-refractivity contribution >= 4 is 17.3 Å². The average Bonchev–Trinajstić information content (AvgIpc) is 2.08. The van der Waals surface area contributed by atoms with Gasteiger partial charge < -0.3 is 4.90 Å². The quantitative estimate of drug-likeness (QED) is 0.697. The van der Waals surface area contributed by atoms with Crippen molar-refractivity contribution in [2.45, 2.75) is 13.8 Å². The van der Waals surface area contributed by atoms with E-state index >= 15 is 0 Å². The number of anilines is 1. The monoisotopic (exact) mass is 195 g/mol. The molecule has 0 spiro atoms. The minimum absolute atomic E-state index is 0.797. The van der Waals surface area contributed by atoms with Gasteiger partial charge in [0.25, 0.3) is 0 Å². The molecule has 0 heterocycles. The fraction of sp³-hybridized carbons (Fsp3) is 0.273. The van der Waals surface area contributed by atoms with Gasteiger partial charge in [0, 0.05) is 23.5 Å². The third kappa shape index (κ3) is 2.25. The average molecular weight is 196 g/mol. The predicted octanol–water partition coefficient (Wildman–Crippen LogP) is 3.62. The van der Waals surface area contributed by atoms with Gasteiger partial charge in [-0.15, -0.1) is 0 Å². The van der Waals surface area contributed by atoms with Gasteiger partial charge in [-0.3, -0.25) is 0 Å². The van der Waals surface area contributed by atoms with E-state index in [-0.39, 0.29) is 0 Å². The zero-order valence-electron chi connectivity index (χ0n) is 8.26. The lowest BCUT2D eigenvalue weighted by Gasteiger charge is -2.19. The fourth-order valence-electron chi connectivity index (χ4n) is 1.01. The number of aryl methyl sites for hydroxylation is 1. The van der Waals surface area contributed by atoms with Gasteiger partial charge in [-0.05, 0) is 31.5 Å². The zero-order valence-corrected chi connectivity index (χ0v) is 9.02. The van der Waals surface area contributed by atoms with Crippen LogP contribution >= 0.6 is 11.6 Å². The number of allylic oxidation sites excluding steroid dienone is 1. The fourth-order valence-corrected chi connectivity index (χ4v) is 1.19. The summed E-state index contributed by atoms with van der Waals surface area (Å²) in [5.41, 5.74) is 3.17. The lowest BCUT2D eigenvalue weighted by atomic mass is 10.2.